The minimum Gasteiger partial charge on any atom is -0.387 e. The van der Waals surface area contributed by atoms with E-state index in [-0.39, 0.29) is 6.10 Å². The molecule has 102 valence electrons. The molecule has 0 aliphatic heterocycles. The number of nitrogens with zero attached hydrogens (tertiary/aromatic N) is 2. The molecule has 2 rings (SSSR count). The van der Waals surface area contributed by atoms with E-state index in [0.29, 0.717) is 6.42 Å². The predicted octanol–water partition coefficient (Wildman–Crippen LogP) is 2.35. The lowest BCUT2D eigenvalue weighted by atomic mass is 9.79. The molecule has 1 N–H and O–H groups in total. The number of ether oxygens (including phenoxy) is 1. The van der Waals surface area contributed by atoms with Crippen molar-refractivity contribution in [3.8, 4) is 0 Å². The van der Waals surface area contributed by atoms with Crippen LogP contribution in [0.15, 0.2) is 4.47 Å². The van der Waals surface area contributed by atoms with Gasteiger partial charge in [-0.2, -0.15) is 5.10 Å². The number of aryl methyl sites for hydroxylation is 2. The zero-order chi connectivity index (χ0) is 13.3. The first-order valence-electron chi connectivity index (χ1n) is 6.41. The summed E-state index contributed by atoms with van der Waals surface area (Å²) in [7, 11) is 3.60. The van der Waals surface area contributed by atoms with E-state index in [4.69, 9.17) is 4.74 Å². The fourth-order valence-corrected chi connectivity index (χ4v) is 3.37. The van der Waals surface area contributed by atoms with Crippen LogP contribution in [0.5, 0.6) is 0 Å². The Morgan fingerprint density at radius 3 is 2.83 bits per heavy atom. The number of hydrogen-bond acceptors (Lipinski definition) is 3. The first-order valence-corrected chi connectivity index (χ1v) is 7.20. The van der Waals surface area contributed by atoms with Gasteiger partial charge in [0.1, 0.15) is 0 Å². The SMILES string of the molecule is COC1CCCCC1(O)Cc1c(Br)c(C)nn1C. The van der Waals surface area contributed by atoms with Crippen LogP contribution in [-0.4, -0.2) is 33.7 Å². The lowest BCUT2D eigenvalue weighted by molar-refractivity contribution is -0.117. The summed E-state index contributed by atoms with van der Waals surface area (Å²) in [6, 6.07) is 0. The number of methoxy groups -OCH3 is 1. The topological polar surface area (TPSA) is 47.3 Å². The Morgan fingerprint density at radius 2 is 2.28 bits per heavy atom. The molecule has 0 aromatic carbocycles. The van der Waals surface area contributed by atoms with Gasteiger partial charge in [-0.3, -0.25) is 4.68 Å². The van der Waals surface area contributed by atoms with Crippen LogP contribution in [0, 0.1) is 6.92 Å². The van der Waals surface area contributed by atoms with E-state index in [1.165, 1.54) is 0 Å². The third-order valence-corrected chi connectivity index (χ3v) is 4.98. The van der Waals surface area contributed by atoms with Crippen LogP contribution in [-0.2, 0) is 18.2 Å². The first kappa shape index (κ1) is 14.0. The molecule has 0 spiro atoms. The molecule has 1 fully saturated rings. The van der Waals surface area contributed by atoms with Gasteiger partial charge in [0, 0.05) is 20.6 Å². The molecule has 2 unspecified atom stereocenters. The molecular weight excluding hydrogens is 296 g/mol. The highest BCUT2D eigenvalue weighted by atomic mass is 79.9. The van der Waals surface area contributed by atoms with Crippen molar-refractivity contribution in [2.75, 3.05) is 7.11 Å². The highest BCUT2D eigenvalue weighted by Gasteiger charge is 2.40. The van der Waals surface area contributed by atoms with E-state index in [1.54, 1.807) is 7.11 Å². The van der Waals surface area contributed by atoms with Gasteiger partial charge in [-0.1, -0.05) is 12.8 Å². The van der Waals surface area contributed by atoms with Gasteiger partial charge in [-0.05, 0) is 35.7 Å². The second-order valence-corrected chi connectivity index (χ2v) is 6.01. The number of hydrogen-bond donors (Lipinski definition) is 1. The summed E-state index contributed by atoms with van der Waals surface area (Å²) in [4.78, 5) is 0. The van der Waals surface area contributed by atoms with Crippen LogP contribution in [0.1, 0.15) is 37.1 Å². The van der Waals surface area contributed by atoms with E-state index in [2.05, 4.69) is 21.0 Å². The summed E-state index contributed by atoms with van der Waals surface area (Å²) in [5, 5.41) is 15.2. The maximum atomic E-state index is 10.9. The van der Waals surface area contributed by atoms with Crippen LogP contribution >= 0.6 is 15.9 Å². The van der Waals surface area contributed by atoms with Crippen molar-refractivity contribution < 1.29 is 9.84 Å². The Kier molecular flexibility index (Phi) is 4.14. The highest BCUT2D eigenvalue weighted by molar-refractivity contribution is 9.10. The van der Waals surface area contributed by atoms with Gasteiger partial charge in [0.05, 0.1) is 27.6 Å². The fourth-order valence-electron chi connectivity index (χ4n) is 2.89. The van der Waals surface area contributed by atoms with Crippen molar-refractivity contribution >= 4 is 15.9 Å². The molecule has 1 aliphatic carbocycles. The van der Waals surface area contributed by atoms with Crippen LogP contribution < -0.4 is 0 Å². The third kappa shape index (κ3) is 2.49. The Morgan fingerprint density at radius 1 is 1.56 bits per heavy atom. The number of rotatable bonds is 3. The molecule has 1 heterocycles. The van der Waals surface area contributed by atoms with Crippen molar-refractivity contribution in [2.24, 2.45) is 7.05 Å². The Hall–Kier alpha value is -0.390. The first-order chi connectivity index (χ1) is 8.48. The van der Waals surface area contributed by atoms with Gasteiger partial charge in [0.25, 0.3) is 0 Å². The Bertz CT molecular complexity index is 433. The minimum atomic E-state index is -0.768. The largest absolute Gasteiger partial charge is 0.387 e. The van der Waals surface area contributed by atoms with Gasteiger partial charge < -0.3 is 9.84 Å². The molecule has 1 aliphatic rings. The molecule has 18 heavy (non-hydrogen) atoms. The van der Waals surface area contributed by atoms with Crippen molar-refractivity contribution in [1.82, 2.24) is 9.78 Å². The second kappa shape index (κ2) is 5.31. The molecule has 4 nitrogen and oxygen atoms in total. The van der Waals surface area contributed by atoms with Crippen molar-refractivity contribution in [3.05, 3.63) is 15.9 Å². The smallest absolute Gasteiger partial charge is 0.0963 e. The standard InChI is InChI=1S/C13H21BrN2O2/c1-9-12(14)10(16(2)15-9)8-13(17)7-5-4-6-11(13)18-3/h11,17H,4-8H2,1-3H3. The predicted molar refractivity (Wildman–Crippen MR) is 73.6 cm³/mol. The zero-order valence-corrected chi connectivity index (χ0v) is 12.8. The molecule has 5 heteroatoms. The van der Waals surface area contributed by atoms with Crippen LogP contribution in [0.4, 0.5) is 0 Å². The van der Waals surface area contributed by atoms with Crippen LogP contribution in [0.2, 0.25) is 0 Å². The van der Waals surface area contributed by atoms with E-state index in [9.17, 15) is 5.11 Å². The third-order valence-electron chi connectivity index (χ3n) is 3.95. The summed E-state index contributed by atoms with van der Waals surface area (Å²) >= 11 is 3.56. The summed E-state index contributed by atoms with van der Waals surface area (Å²) in [6.45, 7) is 1.96. The molecule has 1 saturated carbocycles. The summed E-state index contributed by atoms with van der Waals surface area (Å²) in [5.74, 6) is 0. The van der Waals surface area contributed by atoms with Crippen molar-refractivity contribution in [2.45, 2.75) is 50.7 Å². The quantitative estimate of drug-likeness (QED) is 0.931. The maximum Gasteiger partial charge on any atom is 0.0963 e. The average Bonchev–Trinajstić information content (AvgIpc) is 2.56. The molecule has 1 aromatic rings. The van der Waals surface area contributed by atoms with E-state index in [0.717, 1.165) is 41.5 Å². The molecule has 0 saturated heterocycles. The van der Waals surface area contributed by atoms with Crippen molar-refractivity contribution in [3.63, 3.8) is 0 Å². The monoisotopic (exact) mass is 316 g/mol. The van der Waals surface area contributed by atoms with E-state index >= 15 is 0 Å². The van der Waals surface area contributed by atoms with Crippen LogP contribution in [0.3, 0.4) is 0 Å². The van der Waals surface area contributed by atoms with Gasteiger partial charge in [-0.25, -0.2) is 0 Å². The summed E-state index contributed by atoms with van der Waals surface area (Å²) < 4.78 is 8.32. The van der Waals surface area contributed by atoms with E-state index < -0.39 is 5.60 Å². The van der Waals surface area contributed by atoms with Crippen LogP contribution in [0.25, 0.3) is 0 Å². The molecule has 0 bridgehead atoms. The van der Waals surface area contributed by atoms with Gasteiger partial charge in [-0.15, -0.1) is 0 Å². The number of halogens is 1. The van der Waals surface area contributed by atoms with Gasteiger partial charge >= 0.3 is 0 Å². The molecule has 0 amide bonds. The maximum absolute atomic E-state index is 10.9. The normalized spacial score (nSPS) is 28.6. The van der Waals surface area contributed by atoms with Crippen molar-refractivity contribution in [1.29, 1.82) is 0 Å². The molecule has 0 radical (unpaired) electrons. The molecule has 2 atom stereocenters. The second-order valence-electron chi connectivity index (χ2n) is 5.22. The molecular formula is C13H21BrN2O2. The minimum absolute atomic E-state index is 0.0756. The number of aliphatic hydroxyl groups is 1. The summed E-state index contributed by atoms with van der Waals surface area (Å²) in [5.41, 5.74) is 1.23. The molecule has 1 aromatic heterocycles. The lowest BCUT2D eigenvalue weighted by Crippen LogP contribution is -2.48. The highest BCUT2D eigenvalue weighted by Crippen LogP contribution is 2.35. The van der Waals surface area contributed by atoms with E-state index in [1.807, 2.05) is 18.7 Å². The zero-order valence-electron chi connectivity index (χ0n) is 11.2. The fraction of sp³-hybridized carbons (Fsp3) is 0.769. The average molecular weight is 317 g/mol. The Labute approximate surface area is 116 Å². The lowest BCUT2D eigenvalue weighted by Gasteiger charge is -2.39. The Balaban J connectivity index is 2.25. The number of aromatic nitrogens is 2. The summed E-state index contributed by atoms with van der Waals surface area (Å²) in [6.07, 6.45) is 4.43. The van der Waals surface area contributed by atoms with Gasteiger partial charge in [0.15, 0.2) is 0 Å². The van der Waals surface area contributed by atoms with Gasteiger partial charge in [0.2, 0.25) is 0 Å².